The highest BCUT2D eigenvalue weighted by Gasteiger charge is 2.12. The first-order valence-corrected chi connectivity index (χ1v) is 5.18. The zero-order chi connectivity index (χ0) is 11.2. The molecule has 2 aromatic rings. The van der Waals surface area contributed by atoms with E-state index in [9.17, 15) is 4.79 Å². The Morgan fingerprint density at radius 2 is 2.20 bits per heavy atom. The molecule has 0 amide bonds. The van der Waals surface area contributed by atoms with E-state index in [1.807, 2.05) is 18.2 Å². The Balaban J connectivity index is 2.82. The second-order valence-electron chi connectivity index (χ2n) is 3.35. The first kappa shape index (κ1) is 10.2. The van der Waals surface area contributed by atoms with Gasteiger partial charge in [-0.05, 0) is 35.8 Å². The molecule has 0 aliphatic carbocycles. The zero-order valence-corrected chi connectivity index (χ0v) is 9.87. The molecule has 2 heterocycles. The number of aryl methyl sites for hydroxylation is 2. The number of aromatic nitrogens is 2. The van der Waals surface area contributed by atoms with Crippen LogP contribution in [0.4, 0.5) is 0 Å². The van der Waals surface area contributed by atoms with E-state index in [4.69, 9.17) is 5.11 Å². The van der Waals surface area contributed by atoms with Crippen LogP contribution in [0.1, 0.15) is 21.7 Å². The minimum Gasteiger partial charge on any atom is -0.478 e. The molecule has 0 saturated carbocycles. The third-order valence-electron chi connectivity index (χ3n) is 2.42. The Labute approximate surface area is 94.7 Å². The quantitative estimate of drug-likeness (QED) is 0.864. The molecule has 0 unspecified atom stereocenters. The summed E-state index contributed by atoms with van der Waals surface area (Å²) in [7, 11) is 0. The van der Waals surface area contributed by atoms with Gasteiger partial charge in [-0.25, -0.2) is 9.78 Å². The molecule has 0 spiro atoms. The van der Waals surface area contributed by atoms with E-state index in [-0.39, 0.29) is 5.56 Å². The summed E-state index contributed by atoms with van der Waals surface area (Å²) in [5, 5.41) is 8.93. The highest BCUT2D eigenvalue weighted by molar-refractivity contribution is 9.10. The Morgan fingerprint density at radius 3 is 2.80 bits per heavy atom. The van der Waals surface area contributed by atoms with E-state index in [1.54, 1.807) is 12.3 Å². The lowest BCUT2D eigenvalue weighted by Gasteiger charge is -2.01. The normalized spacial score (nSPS) is 10.9. The Bertz CT molecular complexity index is 560. The van der Waals surface area contributed by atoms with Gasteiger partial charge in [0, 0.05) is 16.4 Å². The number of carboxylic acid groups (broad SMARTS) is 1. The fourth-order valence-electron chi connectivity index (χ4n) is 1.46. The Kier molecular flexibility index (Phi) is 2.26. The monoisotopic (exact) mass is 268 g/mol. The summed E-state index contributed by atoms with van der Waals surface area (Å²) in [5.74, 6) is -0.956. The highest BCUT2D eigenvalue weighted by Crippen LogP contribution is 2.21. The van der Waals surface area contributed by atoms with E-state index >= 15 is 0 Å². The topological polar surface area (TPSA) is 54.6 Å². The largest absolute Gasteiger partial charge is 0.478 e. The SMILES string of the molecule is Cc1nc2cc(C(=O)O)c(Br)cn2c1C. The lowest BCUT2D eigenvalue weighted by Crippen LogP contribution is -2.00. The van der Waals surface area contributed by atoms with Crippen molar-refractivity contribution in [1.29, 1.82) is 0 Å². The summed E-state index contributed by atoms with van der Waals surface area (Å²) >= 11 is 3.23. The van der Waals surface area contributed by atoms with E-state index in [2.05, 4.69) is 20.9 Å². The Hall–Kier alpha value is -1.36. The van der Waals surface area contributed by atoms with E-state index in [0.717, 1.165) is 11.4 Å². The smallest absolute Gasteiger partial charge is 0.337 e. The number of hydrogen-bond donors (Lipinski definition) is 1. The maximum absolute atomic E-state index is 10.9. The van der Waals surface area contributed by atoms with Gasteiger partial charge in [0.1, 0.15) is 5.65 Å². The number of pyridine rings is 1. The fourth-order valence-corrected chi connectivity index (χ4v) is 1.95. The van der Waals surface area contributed by atoms with Gasteiger partial charge in [0.2, 0.25) is 0 Å². The average Bonchev–Trinajstić information content (AvgIpc) is 2.43. The molecule has 15 heavy (non-hydrogen) atoms. The van der Waals surface area contributed by atoms with Gasteiger partial charge in [0.25, 0.3) is 0 Å². The fraction of sp³-hybridized carbons (Fsp3) is 0.200. The summed E-state index contributed by atoms with van der Waals surface area (Å²) < 4.78 is 2.43. The van der Waals surface area contributed by atoms with Crippen LogP contribution in [0.15, 0.2) is 16.7 Å². The number of imidazole rings is 1. The van der Waals surface area contributed by atoms with Crippen molar-refractivity contribution >= 4 is 27.5 Å². The number of halogens is 1. The molecule has 4 nitrogen and oxygen atoms in total. The number of nitrogens with zero attached hydrogens (tertiary/aromatic N) is 2. The molecule has 0 fully saturated rings. The molecular weight excluding hydrogens is 260 g/mol. The van der Waals surface area contributed by atoms with Gasteiger partial charge in [-0.2, -0.15) is 0 Å². The molecule has 0 saturated heterocycles. The average molecular weight is 269 g/mol. The van der Waals surface area contributed by atoms with Crippen molar-refractivity contribution in [2.45, 2.75) is 13.8 Å². The molecule has 0 aliphatic rings. The molecule has 2 aromatic heterocycles. The van der Waals surface area contributed by atoms with Crippen molar-refractivity contribution in [2.24, 2.45) is 0 Å². The van der Waals surface area contributed by atoms with Crippen LogP contribution in [0, 0.1) is 13.8 Å². The molecule has 0 atom stereocenters. The number of hydrogen-bond acceptors (Lipinski definition) is 2. The second-order valence-corrected chi connectivity index (χ2v) is 4.21. The van der Waals surface area contributed by atoms with Gasteiger partial charge in [0.05, 0.1) is 11.3 Å². The summed E-state index contributed by atoms with van der Waals surface area (Å²) in [6, 6.07) is 1.56. The van der Waals surface area contributed by atoms with Crippen LogP contribution in [0.2, 0.25) is 0 Å². The number of rotatable bonds is 1. The summed E-state index contributed by atoms with van der Waals surface area (Å²) in [4.78, 5) is 15.2. The van der Waals surface area contributed by atoms with Crippen molar-refractivity contribution in [3.8, 4) is 0 Å². The van der Waals surface area contributed by atoms with Gasteiger partial charge < -0.3 is 9.51 Å². The zero-order valence-electron chi connectivity index (χ0n) is 8.28. The van der Waals surface area contributed by atoms with Crippen molar-refractivity contribution in [3.63, 3.8) is 0 Å². The number of carbonyl (C=O) groups is 1. The maximum atomic E-state index is 10.9. The van der Waals surface area contributed by atoms with Crippen LogP contribution in [0.25, 0.3) is 5.65 Å². The third-order valence-corrected chi connectivity index (χ3v) is 3.05. The van der Waals surface area contributed by atoms with Crippen LogP contribution in [-0.4, -0.2) is 20.5 Å². The molecular formula is C10H9BrN2O2. The highest BCUT2D eigenvalue weighted by atomic mass is 79.9. The molecule has 0 aliphatic heterocycles. The predicted molar refractivity (Wildman–Crippen MR) is 59.3 cm³/mol. The molecule has 2 rings (SSSR count). The lowest BCUT2D eigenvalue weighted by atomic mass is 10.3. The van der Waals surface area contributed by atoms with Crippen LogP contribution < -0.4 is 0 Å². The minimum absolute atomic E-state index is 0.229. The van der Waals surface area contributed by atoms with Crippen molar-refractivity contribution in [2.75, 3.05) is 0 Å². The van der Waals surface area contributed by atoms with Gasteiger partial charge in [-0.15, -0.1) is 0 Å². The molecule has 1 N–H and O–H groups in total. The van der Waals surface area contributed by atoms with E-state index < -0.39 is 5.97 Å². The first-order valence-electron chi connectivity index (χ1n) is 4.39. The maximum Gasteiger partial charge on any atom is 0.337 e. The van der Waals surface area contributed by atoms with Gasteiger partial charge in [-0.3, -0.25) is 0 Å². The molecule has 0 aromatic carbocycles. The van der Waals surface area contributed by atoms with Crippen molar-refractivity contribution in [1.82, 2.24) is 9.38 Å². The van der Waals surface area contributed by atoms with Crippen molar-refractivity contribution in [3.05, 3.63) is 33.7 Å². The predicted octanol–water partition coefficient (Wildman–Crippen LogP) is 2.41. The number of aromatic carboxylic acids is 1. The summed E-state index contributed by atoms with van der Waals surface area (Å²) in [5.41, 5.74) is 2.81. The second kappa shape index (κ2) is 3.34. The Morgan fingerprint density at radius 1 is 1.53 bits per heavy atom. The molecule has 0 bridgehead atoms. The third kappa shape index (κ3) is 1.52. The van der Waals surface area contributed by atoms with Crippen LogP contribution >= 0.6 is 15.9 Å². The number of carboxylic acids is 1. The molecule has 0 radical (unpaired) electrons. The van der Waals surface area contributed by atoms with Gasteiger partial charge >= 0.3 is 5.97 Å². The van der Waals surface area contributed by atoms with E-state index in [1.165, 1.54) is 0 Å². The van der Waals surface area contributed by atoms with Crippen LogP contribution in [-0.2, 0) is 0 Å². The molecule has 5 heteroatoms. The van der Waals surface area contributed by atoms with Gasteiger partial charge in [0.15, 0.2) is 0 Å². The summed E-state index contributed by atoms with van der Waals surface area (Å²) in [6.45, 7) is 3.85. The first-order chi connectivity index (χ1) is 7.00. The van der Waals surface area contributed by atoms with Crippen molar-refractivity contribution < 1.29 is 9.90 Å². The lowest BCUT2D eigenvalue weighted by molar-refractivity contribution is 0.0696. The molecule has 78 valence electrons. The van der Waals surface area contributed by atoms with Gasteiger partial charge in [-0.1, -0.05) is 0 Å². The van der Waals surface area contributed by atoms with Crippen LogP contribution in [0.5, 0.6) is 0 Å². The minimum atomic E-state index is -0.956. The standard InChI is InChI=1S/C10H9BrN2O2/c1-5-6(2)13-4-8(11)7(10(14)15)3-9(13)12-5/h3-4H,1-2H3,(H,14,15). The van der Waals surface area contributed by atoms with E-state index in [0.29, 0.717) is 10.1 Å². The van der Waals surface area contributed by atoms with Crippen LogP contribution in [0.3, 0.4) is 0 Å². The summed E-state index contributed by atoms with van der Waals surface area (Å²) in [6.07, 6.45) is 1.73. The number of fused-ring (bicyclic) bond motifs is 1.